The molecular formula is C20H20Cl2N5O3P. The molecule has 8 nitrogen and oxygen atoms in total. The van der Waals surface area contributed by atoms with Crippen LogP contribution in [0, 0.1) is 11.3 Å². The Labute approximate surface area is 189 Å². The van der Waals surface area contributed by atoms with E-state index in [1.54, 1.807) is 18.6 Å². The number of nitrogens with zero attached hydrogens (tertiary/aromatic N) is 5. The first kappa shape index (κ1) is 22.1. The number of benzene rings is 1. The molecule has 3 unspecified atom stereocenters. The number of fused-ring (bicyclic) bond motifs is 1. The van der Waals surface area contributed by atoms with Crippen LogP contribution in [0.5, 0.6) is 0 Å². The summed E-state index contributed by atoms with van der Waals surface area (Å²) in [6, 6.07) is 7.41. The first-order valence-electron chi connectivity index (χ1n) is 9.80. The molecule has 1 aliphatic rings. The fourth-order valence-electron chi connectivity index (χ4n) is 4.09. The van der Waals surface area contributed by atoms with Gasteiger partial charge in [0.25, 0.3) is 0 Å². The lowest BCUT2D eigenvalue weighted by molar-refractivity contribution is 0.126. The summed E-state index contributed by atoms with van der Waals surface area (Å²) in [4.78, 5) is 20.3. The molecule has 0 bridgehead atoms. The molecule has 3 heterocycles. The van der Waals surface area contributed by atoms with Gasteiger partial charge < -0.3 is 18.9 Å². The van der Waals surface area contributed by atoms with Gasteiger partial charge in [-0.05, 0) is 31.4 Å². The van der Waals surface area contributed by atoms with Crippen molar-refractivity contribution in [3.05, 3.63) is 47.0 Å². The van der Waals surface area contributed by atoms with E-state index in [1.807, 2.05) is 27.8 Å². The second-order valence-corrected chi connectivity index (χ2v) is 8.80. The Morgan fingerprint density at radius 3 is 2.94 bits per heavy atom. The van der Waals surface area contributed by atoms with Crippen molar-refractivity contribution in [2.75, 3.05) is 11.4 Å². The minimum atomic E-state index is -3.12. The van der Waals surface area contributed by atoms with Crippen LogP contribution in [-0.2, 0) is 9.09 Å². The van der Waals surface area contributed by atoms with Gasteiger partial charge in [0.05, 0.1) is 45.8 Å². The maximum absolute atomic E-state index is 11.4. The van der Waals surface area contributed by atoms with Crippen molar-refractivity contribution in [3.63, 3.8) is 0 Å². The fourth-order valence-corrected chi connectivity index (χ4v) is 4.99. The van der Waals surface area contributed by atoms with Crippen LogP contribution >= 0.6 is 31.5 Å². The summed E-state index contributed by atoms with van der Waals surface area (Å²) in [5.41, 5.74) is 1.38. The Balaban J connectivity index is 1.86. The number of hydrogen-bond acceptors (Lipinski definition) is 6. The quantitative estimate of drug-likeness (QED) is 0.507. The monoisotopic (exact) mass is 479 g/mol. The van der Waals surface area contributed by atoms with E-state index in [4.69, 9.17) is 38.0 Å². The number of halogens is 2. The molecule has 0 saturated carbocycles. The molecule has 0 aliphatic carbocycles. The van der Waals surface area contributed by atoms with Gasteiger partial charge in [-0.2, -0.15) is 5.26 Å². The molecule has 0 amide bonds. The molecule has 3 atom stereocenters. The lowest BCUT2D eigenvalue weighted by Crippen LogP contribution is -2.49. The maximum Gasteiger partial charge on any atom is 0.316 e. The van der Waals surface area contributed by atoms with Gasteiger partial charge in [-0.3, -0.25) is 4.57 Å². The third kappa shape index (κ3) is 4.57. The van der Waals surface area contributed by atoms with Crippen molar-refractivity contribution in [2.24, 2.45) is 0 Å². The van der Waals surface area contributed by atoms with E-state index in [9.17, 15) is 9.46 Å². The highest BCUT2D eigenvalue weighted by Gasteiger charge is 2.34. The molecule has 1 saturated heterocycles. The van der Waals surface area contributed by atoms with Crippen LogP contribution in [0.3, 0.4) is 0 Å². The van der Waals surface area contributed by atoms with E-state index in [2.05, 4.69) is 11.1 Å². The van der Waals surface area contributed by atoms with E-state index >= 15 is 0 Å². The average Bonchev–Trinajstić information content (AvgIpc) is 3.29. The van der Waals surface area contributed by atoms with Crippen molar-refractivity contribution < 1.29 is 14.0 Å². The fraction of sp³-hybridized carbons (Fsp3) is 0.350. The number of pyridine rings is 1. The zero-order chi connectivity index (χ0) is 22.0. The van der Waals surface area contributed by atoms with Crippen LogP contribution in [0.15, 0.2) is 36.9 Å². The SMILES string of the molecule is N#CCCC1C(O[PH](=O)O)CCCN1c1cc(-n2ccnc2)c2ccc(Cl)c(Cl)c2n1. The van der Waals surface area contributed by atoms with Crippen LogP contribution in [0.2, 0.25) is 10.0 Å². The Bertz CT molecular complexity index is 1150. The Morgan fingerprint density at radius 1 is 1.39 bits per heavy atom. The molecule has 3 aromatic rings. The Morgan fingerprint density at radius 2 is 2.23 bits per heavy atom. The van der Waals surface area contributed by atoms with Gasteiger partial charge in [-0.25, -0.2) is 9.97 Å². The van der Waals surface area contributed by atoms with Gasteiger partial charge in [0, 0.05) is 36.8 Å². The largest absolute Gasteiger partial charge is 0.351 e. The van der Waals surface area contributed by atoms with Crippen molar-refractivity contribution in [1.82, 2.24) is 14.5 Å². The molecule has 1 N–H and O–H groups in total. The number of aromatic nitrogens is 3. The summed E-state index contributed by atoms with van der Waals surface area (Å²) in [6.07, 6.45) is 6.90. The zero-order valence-corrected chi connectivity index (χ0v) is 18.9. The van der Waals surface area contributed by atoms with Crippen LogP contribution in [0.4, 0.5) is 5.82 Å². The molecule has 31 heavy (non-hydrogen) atoms. The van der Waals surface area contributed by atoms with E-state index in [-0.39, 0.29) is 6.04 Å². The maximum atomic E-state index is 11.4. The highest BCUT2D eigenvalue weighted by atomic mass is 35.5. The first-order valence-corrected chi connectivity index (χ1v) is 11.8. The first-order chi connectivity index (χ1) is 15.0. The highest BCUT2D eigenvalue weighted by molar-refractivity contribution is 7.32. The smallest absolute Gasteiger partial charge is 0.316 e. The lowest BCUT2D eigenvalue weighted by atomic mass is 9.95. The second kappa shape index (κ2) is 9.56. The van der Waals surface area contributed by atoms with Gasteiger partial charge >= 0.3 is 8.25 Å². The van der Waals surface area contributed by atoms with Crippen LogP contribution < -0.4 is 4.90 Å². The van der Waals surface area contributed by atoms with Gasteiger partial charge in [0.15, 0.2) is 0 Å². The molecule has 1 aromatic carbocycles. The predicted octanol–water partition coefficient (Wildman–Crippen LogP) is 4.77. The molecule has 0 spiro atoms. The van der Waals surface area contributed by atoms with E-state index < -0.39 is 14.4 Å². The third-order valence-corrected chi connectivity index (χ3v) is 6.73. The zero-order valence-electron chi connectivity index (χ0n) is 16.4. The number of imidazole rings is 1. The molecule has 1 aliphatic heterocycles. The molecule has 4 rings (SSSR count). The van der Waals surface area contributed by atoms with E-state index in [1.165, 1.54) is 0 Å². The number of hydrogen-bond donors (Lipinski definition) is 1. The van der Waals surface area contributed by atoms with Gasteiger partial charge in [-0.15, -0.1) is 0 Å². The van der Waals surface area contributed by atoms with Crippen LogP contribution in [0.25, 0.3) is 16.6 Å². The van der Waals surface area contributed by atoms with Gasteiger partial charge in [-0.1, -0.05) is 23.2 Å². The Kier molecular flexibility index (Phi) is 6.80. The summed E-state index contributed by atoms with van der Waals surface area (Å²) in [5.74, 6) is 0.634. The molecule has 162 valence electrons. The summed E-state index contributed by atoms with van der Waals surface area (Å²) < 4.78 is 18.6. The highest BCUT2D eigenvalue weighted by Crippen LogP contribution is 2.38. The minimum absolute atomic E-state index is 0.270. The van der Waals surface area contributed by atoms with Crippen molar-refractivity contribution in [3.8, 4) is 11.8 Å². The van der Waals surface area contributed by atoms with E-state index in [0.29, 0.717) is 47.2 Å². The summed E-state index contributed by atoms with van der Waals surface area (Å²) in [7, 11) is -3.12. The molecule has 2 aromatic heterocycles. The number of piperidine rings is 1. The van der Waals surface area contributed by atoms with Crippen LogP contribution in [0.1, 0.15) is 25.7 Å². The van der Waals surface area contributed by atoms with Crippen molar-refractivity contribution >= 4 is 48.2 Å². The Hall–Kier alpha value is -2.14. The summed E-state index contributed by atoms with van der Waals surface area (Å²) >= 11 is 12.8. The standard InChI is InChI=1S/C20H20Cl2N5O3P/c21-14-6-5-13-16(26-10-8-24-12-26)11-18(25-20(13)19(14)22)27-9-2-4-17(30-31(28)29)15(27)3-1-7-23/h5-6,8,10-12,15,17,31H,1-4,9H2,(H,28,29). The average molecular weight is 480 g/mol. The van der Waals surface area contributed by atoms with Crippen LogP contribution in [-0.4, -0.2) is 38.1 Å². The summed E-state index contributed by atoms with van der Waals surface area (Å²) in [6.45, 7) is 0.669. The molecule has 0 radical (unpaired) electrons. The lowest BCUT2D eigenvalue weighted by Gasteiger charge is -2.41. The van der Waals surface area contributed by atoms with Gasteiger partial charge in [0.1, 0.15) is 5.82 Å². The van der Waals surface area contributed by atoms with E-state index in [0.717, 1.165) is 17.5 Å². The third-order valence-electron chi connectivity index (χ3n) is 5.44. The van der Waals surface area contributed by atoms with Crippen molar-refractivity contribution in [1.29, 1.82) is 5.26 Å². The number of rotatable bonds is 6. The second-order valence-electron chi connectivity index (χ2n) is 7.25. The van der Waals surface area contributed by atoms with Crippen molar-refractivity contribution in [2.45, 2.75) is 37.8 Å². The molecule has 1 fully saturated rings. The number of nitriles is 1. The number of anilines is 1. The topological polar surface area (TPSA) is 104 Å². The predicted molar refractivity (Wildman–Crippen MR) is 120 cm³/mol. The molecular weight excluding hydrogens is 460 g/mol. The summed E-state index contributed by atoms with van der Waals surface area (Å²) in [5, 5.41) is 10.7. The molecule has 11 heteroatoms. The van der Waals surface area contributed by atoms with Gasteiger partial charge in [0.2, 0.25) is 0 Å². The normalized spacial score (nSPS) is 20.0. The minimum Gasteiger partial charge on any atom is -0.351 e.